The second kappa shape index (κ2) is 5.36. The number of rotatable bonds is 4. The van der Waals surface area contributed by atoms with Gasteiger partial charge in [0.15, 0.2) is 0 Å². The van der Waals surface area contributed by atoms with Crippen LogP contribution in [0.25, 0.3) is 0 Å². The van der Waals surface area contributed by atoms with Crippen LogP contribution in [0.1, 0.15) is 20.8 Å². The molecule has 0 amide bonds. The smallest absolute Gasteiger partial charge is 0.0396 e. The molecule has 0 radical (unpaired) electrons. The molecule has 2 heteroatoms. The van der Waals surface area contributed by atoms with Gasteiger partial charge in [0.25, 0.3) is 0 Å². The highest BCUT2D eigenvalue weighted by atomic mass is 14.9. The van der Waals surface area contributed by atoms with Gasteiger partial charge in [-0.1, -0.05) is 18.7 Å². The van der Waals surface area contributed by atoms with Crippen LogP contribution in [0.2, 0.25) is 0 Å². The number of nitrogens with one attached hydrogen (secondary N) is 1. The van der Waals surface area contributed by atoms with Gasteiger partial charge in [-0.3, -0.25) is 4.99 Å². The molecular weight excluding hydrogens is 160 g/mol. The molecule has 0 heterocycles. The second-order valence-corrected chi connectivity index (χ2v) is 3.18. The van der Waals surface area contributed by atoms with Gasteiger partial charge in [0.05, 0.1) is 0 Å². The molecule has 0 rings (SSSR count). The molecule has 13 heavy (non-hydrogen) atoms. The third-order valence-electron chi connectivity index (χ3n) is 1.49. The Morgan fingerprint density at radius 3 is 2.08 bits per heavy atom. The van der Waals surface area contributed by atoms with Gasteiger partial charge in [-0.25, -0.2) is 0 Å². The summed E-state index contributed by atoms with van der Waals surface area (Å²) in [6.45, 7) is 13.6. The fourth-order valence-corrected chi connectivity index (χ4v) is 0.963. The van der Waals surface area contributed by atoms with Crippen molar-refractivity contribution in [2.75, 3.05) is 7.05 Å². The zero-order valence-corrected chi connectivity index (χ0v) is 8.94. The Labute approximate surface area is 80.8 Å². The van der Waals surface area contributed by atoms with E-state index in [0.29, 0.717) is 0 Å². The van der Waals surface area contributed by atoms with Crippen molar-refractivity contribution in [2.45, 2.75) is 20.8 Å². The molecule has 0 aromatic carbocycles. The van der Waals surface area contributed by atoms with Crippen LogP contribution in [-0.2, 0) is 0 Å². The number of aliphatic imine (C=N–C) groups is 1. The van der Waals surface area contributed by atoms with Crippen LogP contribution in [0.15, 0.2) is 40.7 Å². The van der Waals surface area contributed by atoms with E-state index < -0.39 is 0 Å². The van der Waals surface area contributed by atoms with Crippen molar-refractivity contribution in [1.82, 2.24) is 5.32 Å². The largest absolute Gasteiger partial charge is 0.360 e. The molecule has 0 saturated heterocycles. The Morgan fingerprint density at radius 1 is 1.23 bits per heavy atom. The minimum absolute atomic E-state index is 0.845. The first-order chi connectivity index (χ1) is 5.99. The molecule has 0 aromatic rings. The molecule has 72 valence electrons. The SMILES string of the molecule is C=C(C)NC(=C)C(C=NC)=C(C)C. The summed E-state index contributed by atoms with van der Waals surface area (Å²) < 4.78 is 0. The predicted molar refractivity (Wildman–Crippen MR) is 59.9 cm³/mol. The van der Waals surface area contributed by atoms with Crippen LogP contribution < -0.4 is 5.32 Å². The van der Waals surface area contributed by atoms with Gasteiger partial charge < -0.3 is 5.32 Å². The lowest BCUT2D eigenvalue weighted by Crippen LogP contribution is -2.12. The van der Waals surface area contributed by atoms with Crippen LogP contribution in [0, 0.1) is 0 Å². The van der Waals surface area contributed by atoms with E-state index in [1.54, 1.807) is 13.3 Å². The zero-order chi connectivity index (χ0) is 10.4. The lowest BCUT2D eigenvalue weighted by molar-refractivity contribution is 1.00. The maximum atomic E-state index is 3.97. The van der Waals surface area contributed by atoms with Crippen LogP contribution >= 0.6 is 0 Å². The summed E-state index contributed by atoms with van der Waals surface area (Å²) in [4.78, 5) is 3.97. The maximum Gasteiger partial charge on any atom is 0.0396 e. The Kier molecular flexibility index (Phi) is 4.82. The molecule has 0 fully saturated rings. The number of hydrogen-bond donors (Lipinski definition) is 1. The summed E-state index contributed by atoms with van der Waals surface area (Å²) in [5.41, 5.74) is 3.95. The molecule has 0 unspecified atom stereocenters. The highest BCUT2D eigenvalue weighted by Gasteiger charge is 2.00. The van der Waals surface area contributed by atoms with Crippen molar-refractivity contribution in [3.05, 3.63) is 35.7 Å². The minimum atomic E-state index is 0.845. The molecule has 0 aliphatic heterocycles. The first kappa shape index (κ1) is 11.7. The normalized spacial score (nSPS) is 9.85. The van der Waals surface area contributed by atoms with Crippen LogP contribution in [0.4, 0.5) is 0 Å². The Balaban J connectivity index is 4.69. The summed E-state index contributed by atoms with van der Waals surface area (Å²) in [7, 11) is 1.75. The van der Waals surface area contributed by atoms with Gasteiger partial charge >= 0.3 is 0 Å². The molecule has 0 spiro atoms. The summed E-state index contributed by atoms with van der Waals surface area (Å²) in [6, 6.07) is 0. The number of allylic oxidation sites excluding steroid dienone is 3. The summed E-state index contributed by atoms with van der Waals surface area (Å²) >= 11 is 0. The van der Waals surface area contributed by atoms with Crippen molar-refractivity contribution in [3.8, 4) is 0 Å². The quantitative estimate of drug-likeness (QED) is 0.519. The van der Waals surface area contributed by atoms with Crippen molar-refractivity contribution >= 4 is 6.21 Å². The monoisotopic (exact) mass is 178 g/mol. The summed E-state index contributed by atoms with van der Waals surface area (Å²) in [5.74, 6) is 0. The third kappa shape index (κ3) is 4.31. The van der Waals surface area contributed by atoms with Gasteiger partial charge in [0.1, 0.15) is 0 Å². The third-order valence-corrected chi connectivity index (χ3v) is 1.49. The lowest BCUT2D eigenvalue weighted by Gasteiger charge is -2.10. The Bertz CT molecular complexity index is 266. The van der Waals surface area contributed by atoms with E-state index >= 15 is 0 Å². The fraction of sp³-hybridized carbons (Fsp3) is 0.364. The van der Waals surface area contributed by atoms with E-state index in [0.717, 1.165) is 17.0 Å². The molecule has 1 N–H and O–H groups in total. The summed E-state index contributed by atoms with van der Waals surface area (Å²) in [6.07, 6.45) is 1.80. The minimum Gasteiger partial charge on any atom is -0.360 e. The van der Waals surface area contributed by atoms with Gasteiger partial charge in [0.2, 0.25) is 0 Å². The summed E-state index contributed by atoms with van der Waals surface area (Å²) in [5, 5.41) is 3.07. The highest BCUT2D eigenvalue weighted by Crippen LogP contribution is 2.09. The maximum absolute atomic E-state index is 3.97. The van der Waals surface area contributed by atoms with E-state index in [2.05, 4.69) is 23.5 Å². The van der Waals surface area contributed by atoms with E-state index in [9.17, 15) is 0 Å². The van der Waals surface area contributed by atoms with Crippen LogP contribution in [-0.4, -0.2) is 13.3 Å². The van der Waals surface area contributed by atoms with Crippen molar-refractivity contribution in [3.63, 3.8) is 0 Å². The average molecular weight is 178 g/mol. The van der Waals surface area contributed by atoms with Gasteiger partial charge in [-0.15, -0.1) is 0 Å². The molecule has 0 saturated carbocycles. The van der Waals surface area contributed by atoms with Gasteiger partial charge in [-0.05, 0) is 20.8 Å². The van der Waals surface area contributed by atoms with Crippen molar-refractivity contribution < 1.29 is 0 Å². The van der Waals surface area contributed by atoms with Crippen LogP contribution in [0.5, 0.6) is 0 Å². The first-order valence-electron chi connectivity index (χ1n) is 4.20. The molecule has 0 aromatic heterocycles. The molecule has 2 nitrogen and oxygen atoms in total. The van der Waals surface area contributed by atoms with E-state index in [1.165, 1.54) is 5.57 Å². The predicted octanol–water partition coefficient (Wildman–Crippen LogP) is 2.66. The molecule has 0 bridgehead atoms. The van der Waals surface area contributed by atoms with Gasteiger partial charge in [0, 0.05) is 30.2 Å². The Morgan fingerprint density at radius 2 is 1.77 bits per heavy atom. The highest BCUT2D eigenvalue weighted by molar-refractivity contribution is 5.85. The standard InChI is InChI=1S/C11H18N2/c1-8(2)11(7-12-6)10(5)13-9(3)4/h7,13H,3,5H2,1-2,4,6H3. The van der Waals surface area contributed by atoms with E-state index in [4.69, 9.17) is 0 Å². The average Bonchev–Trinajstić information content (AvgIpc) is 1.97. The van der Waals surface area contributed by atoms with E-state index in [-0.39, 0.29) is 0 Å². The number of hydrogen-bond acceptors (Lipinski definition) is 2. The zero-order valence-electron chi connectivity index (χ0n) is 8.94. The van der Waals surface area contributed by atoms with Gasteiger partial charge in [-0.2, -0.15) is 0 Å². The topological polar surface area (TPSA) is 24.4 Å². The van der Waals surface area contributed by atoms with Crippen molar-refractivity contribution in [1.29, 1.82) is 0 Å². The molecule has 0 aliphatic carbocycles. The Hall–Kier alpha value is -1.31. The van der Waals surface area contributed by atoms with Crippen LogP contribution in [0.3, 0.4) is 0 Å². The first-order valence-corrected chi connectivity index (χ1v) is 4.20. The fourth-order valence-electron chi connectivity index (χ4n) is 0.963. The second-order valence-electron chi connectivity index (χ2n) is 3.18. The van der Waals surface area contributed by atoms with E-state index in [1.807, 2.05) is 20.8 Å². The van der Waals surface area contributed by atoms with Crippen molar-refractivity contribution in [2.24, 2.45) is 4.99 Å². The molecule has 0 atom stereocenters. The molecule has 0 aliphatic rings. The molecular formula is C11H18N2. The number of nitrogens with zero attached hydrogens (tertiary/aromatic N) is 1. The lowest BCUT2D eigenvalue weighted by atomic mass is 10.1.